The van der Waals surface area contributed by atoms with E-state index in [0.29, 0.717) is 16.8 Å². The van der Waals surface area contributed by atoms with Gasteiger partial charge in [-0.05, 0) is 24.3 Å². The molecular weight excluding hydrogens is 318 g/mol. The van der Waals surface area contributed by atoms with Crippen LogP contribution in [0.1, 0.15) is 10.4 Å². The van der Waals surface area contributed by atoms with Gasteiger partial charge in [-0.3, -0.25) is 9.78 Å². The molecule has 3 aromatic rings. The summed E-state index contributed by atoms with van der Waals surface area (Å²) in [4.78, 5) is 16.7. The first-order valence-electron chi connectivity index (χ1n) is 7.07. The third-order valence-corrected chi connectivity index (χ3v) is 3.54. The Bertz CT molecular complexity index is 954. The first-order valence-corrected chi connectivity index (χ1v) is 7.07. The van der Waals surface area contributed by atoms with Gasteiger partial charge >= 0.3 is 6.29 Å². The third kappa shape index (κ3) is 2.50. The highest BCUT2D eigenvalue weighted by atomic mass is 19.3. The summed E-state index contributed by atoms with van der Waals surface area (Å²) in [7, 11) is 0. The maximum atomic E-state index is 13.0. The van der Waals surface area contributed by atoms with Gasteiger partial charge in [0.1, 0.15) is 0 Å². The summed E-state index contributed by atoms with van der Waals surface area (Å²) in [5, 5.41) is 3.48. The number of ether oxygens (including phenoxy) is 2. The standard InChI is InChI=1S/C17H10F2N2O3/c18-17(19)23-13-7-6-11(9-14(13)24-17)21-16(22)12-5-1-3-10-4-2-8-20-15(10)12/h1-9H,(H,21,22). The van der Waals surface area contributed by atoms with Crippen LogP contribution in [0.3, 0.4) is 0 Å². The highest BCUT2D eigenvalue weighted by molar-refractivity contribution is 6.11. The van der Waals surface area contributed by atoms with E-state index in [1.54, 1.807) is 24.4 Å². The zero-order valence-electron chi connectivity index (χ0n) is 12.1. The van der Waals surface area contributed by atoms with Crippen molar-refractivity contribution in [1.82, 2.24) is 4.98 Å². The van der Waals surface area contributed by atoms with E-state index in [9.17, 15) is 13.6 Å². The second-order valence-electron chi connectivity index (χ2n) is 5.16. The second kappa shape index (κ2) is 5.16. The Morgan fingerprint density at radius 3 is 2.71 bits per heavy atom. The smallest absolute Gasteiger partial charge is 0.395 e. The minimum atomic E-state index is -3.69. The Labute approximate surface area is 134 Å². The Morgan fingerprint density at radius 2 is 1.83 bits per heavy atom. The van der Waals surface area contributed by atoms with Crippen LogP contribution in [0.4, 0.5) is 14.5 Å². The molecular formula is C17H10F2N2O3. The lowest BCUT2D eigenvalue weighted by Gasteiger charge is -2.08. The minimum absolute atomic E-state index is 0.0789. The number of halogens is 2. The van der Waals surface area contributed by atoms with Crippen molar-refractivity contribution in [3.05, 3.63) is 60.3 Å². The summed E-state index contributed by atoms with van der Waals surface area (Å²) >= 11 is 0. The van der Waals surface area contributed by atoms with Gasteiger partial charge in [-0.25, -0.2) is 0 Å². The molecule has 0 fully saturated rings. The van der Waals surface area contributed by atoms with Crippen LogP contribution in [0.5, 0.6) is 11.5 Å². The highest BCUT2D eigenvalue weighted by Crippen LogP contribution is 2.42. The number of nitrogens with zero attached hydrogens (tertiary/aromatic N) is 1. The van der Waals surface area contributed by atoms with Gasteiger partial charge in [0.25, 0.3) is 5.91 Å². The van der Waals surface area contributed by atoms with Crippen molar-refractivity contribution in [3.63, 3.8) is 0 Å². The largest absolute Gasteiger partial charge is 0.586 e. The van der Waals surface area contributed by atoms with E-state index in [0.717, 1.165) is 5.39 Å². The molecule has 1 aliphatic rings. The van der Waals surface area contributed by atoms with Crippen LogP contribution in [0.15, 0.2) is 54.7 Å². The number of rotatable bonds is 2. The van der Waals surface area contributed by atoms with E-state index < -0.39 is 12.2 Å². The van der Waals surface area contributed by atoms with E-state index in [1.807, 2.05) is 12.1 Å². The number of nitrogens with one attached hydrogen (secondary N) is 1. The molecule has 0 saturated heterocycles. The van der Waals surface area contributed by atoms with Crippen molar-refractivity contribution in [2.24, 2.45) is 0 Å². The Hall–Kier alpha value is -3.22. The fourth-order valence-corrected chi connectivity index (χ4v) is 2.51. The van der Waals surface area contributed by atoms with Crippen LogP contribution in [-0.2, 0) is 0 Å². The molecule has 0 spiro atoms. The maximum absolute atomic E-state index is 13.0. The summed E-state index contributed by atoms with van der Waals surface area (Å²) in [6.07, 6.45) is -2.09. The van der Waals surface area contributed by atoms with E-state index in [-0.39, 0.29) is 11.5 Å². The van der Waals surface area contributed by atoms with Gasteiger partial charge in [0, 0.05) is 23.3 Å². The van der Waals surface area contributed by atoms with Gasteiger partial charge < -0.3 is 14.8 Å². The third-order valence-electron chi connectivity index (χ3n) is 3.54. The molecule has 1 aromatic heterocycles. The zero-order chi connectivity index (χ0) is 16.7. The molecule has 120 valence electrons. The Morgan fingerprint density at radius 1 is 1.04 bits per heavy atom. The number of hydrogen-bond acceptors (Lipinski definition) is 4. The number of carbonyl (C=O) groups excluding carboxylic acids is 1. The number of carbonyl (C=O) groups is 1. The lowest BCUT2D eigenvalue weighted by atomic mass is 10.1. The molecule has 0 radical (unpaired) electrons. The molecule has 0 bridgehead atoms. The van der Waals surface area contributed by atoms with Gasteiger partial charge in [0.15, 0.2) is 11.5 Å². The van der Waals surface area contributed by atoms with Crippen molar-refractivity contribution in [1.29, 1.82) is 0 Å². The predicted molar refractivity (Wildman–Crippen MR) is 82.3 cm³/mol. The normalized spacial score (nSPS) is 14.6. The number of para-hydroxylation sites is 1. The van der Waals surface area contributed by atoms with E-state index in [2.05, 4.69) is 19.8 Å². The fourth-order valence-electron chi connectivity index (χ4n) is 2.51. The molecule has 2 aromatic carbocycles. The summed E-state index contributed by atoms with van der Waals surface area (Å²) in [6.45, 7) is 0. The molecule has 1 aliphatic heterocycles. The topological polar surface area (TPSA) is 60.5 Å². The first-order chi connectivity index (χ1) is 11.5. The number of alkyl halides is 2. The average Bonchev–Trinajstić information content (AvgIpc) is 2.87. The highest BCUT2D eigenvalue weighted by Gasteiger charge is 2.43. The molecule has 0 aliphatic carbocycles. The number of fused-ring (bicyclic) bond motifs is 2. The van der Waals surface area contributed by atoms with Crippen molar-refractivity contribution < 1.29 is 23.0 Å². The van der Waals surface area contributed by atoms with Crippen molar-refractivity contribution in [3.8, 4) is 11.5 Å². The van der Waals surface area contributed by atoms with Crippen LogP contribution in [0.25, 0.3) is 10.9 Å². The van der Waals surface area contributed by atoms with Crippen LogP contribution in [0, 0.1) is 0 Å². The van der Waals surface area contributed by atoms with Gasteiger partial charge in [-0.2, -0.15) is 0 Å². The van der Waals surface area contributed by atoms with E-state index in [4.69, 9.17) is 0 Å². The monoisotopic (exact) mass is 328 g/mol. The van der Waals surface area contributed by atoms with Gasteiger partial charge in [0.05, 0.1) is 11.1 Å². The molecule has 1 amide bonds. The fraction of sp³-hybridized carbons (Fsp3) is 0.0588. The minimum Gasteiger partial charge on any atom is -0.395 e. The quantitative estimate of drug-likeness (QED) is 0.777. The maximum Gasteiger partial charge on any atom is 0.586 e. The summed E-state index contributed by atoms with van der Waals surface area (Å²) in [5.41, 5.74) is 1.26. The number of pyridine rings is 1. The van der Waals surface area contributed by atoms with Gasteiger partial charge in [-0.1, -0.05) is 18.2 Å². The Kier molecular flexibility index (Phi) is 3.09. The molecule has 0 saturated carbocycles. The number of amides is 1. The lowest BCUT2D eigenvalue weighted by Crippen LogP contribution is -2.25. The molecule has 2 heterocycles. The number of benzene rings is 2. The van der Waals surface area contributed by atoms with Crippen molar-refractivity contribution in [2.45, 2.75) is 6.29 Å². The van der Waals surface area contributed by atoms with E-state index in [1.165, 1.54) is 18.2 Å². The summed E-state index contributed by atoms with van der Waals surface area (Å²) in [5.74, 6) is -0.608. The summed E-state index contributed by atoms with van der Waals surface area (Å²) in [6, 6.07) is 12.9. The molecule has 4 rings (SSSR count). The number of anilines is 1. The molecule has 1 N–H and O–H groups in total. The van der Waals surface area contributed by atoms with Crippen LogP contribution in [-0.4, -0.2) is 17.2 Å². The molecule has 5 nitrogen and oxygen atoms in total. The van der Waals surface area contributed by atoms with Gasteiger partial charge in [0.2, 0.25) is 0 Å². The molecule has 24 heavy (non-hydrogen) atoms. The van der Waals surface area contributed by atoms with Crippen LogP contribution in [0.2, 0.25) is 0 Å². The molecule has 0 atom stereocenters. The van der Waals surface area contributed by atoms with Gasteiger partial charge in [-0.15, -0.1) is 8.78 Å². The van der Waals surface area contributed by atoms with Crippen molar-refractivity contribution >= 4 is 22.5 Å². The molecule has 7 heteroatoms. The van der Waals surface area contributed by atoms with Crippen LogP contribution < -0.4 is 14.8 Å². The zero-order valence-corrected chi connectivity index (χ0v) is 12.1. The van der Waals surface area contributed by atoms with E-state index >= 15 is 0 Å². The SMILES string of the molecule is O=C(Nc1ccc2c(c1)OC(F)(F)O2)c1cccc2cccnc12. The second-order valence-corrected chi connectivity index (χ2v) is 5.16. The average molecular weight is 328 g/mol. The molecule has 0 unspecified atom stereocenters. The summed E-state index contributed by atoms with van der Waals surface area (Å²) < 4.78 is 34.8. The lowest BCUT2D eigenvalue weighted by molar-refractivity contribution is -0.286. The van der Waals surface area contributed by atoms with Crippen LogP contribution >= 0.6 is 0 Å². The first kappa shape index (κ1) is 14.4. The Balaban J connectivity index is 1.63. The number of hydrogen-bond donors (Lipinski definition) is 1. The number of aromatic nitrogens is 1. The van der Waals surface area contributed by atoms with Crippen molar-refractivity contribution in [2.75, 3.05) is 5.32 Å². The predicted octanol–water partition coefficient (Wildman–Crippen LogP) is 3.81.